The maximum Gasteiger partial charge on any atom is 0.248 e. The van der Waals surface area contributed by atoms with Crippen molar-refractivity contribution in [3.05, 3.63) is 0 Å². The largest absolute Gasteiger partial charge is 0.349 e. The van der Waals surface area contributed by atoms with Gasteiger partial charge in [0, 0.05) is 36.8 Å². The minimum atomic E-state index is -0.699. The molecule has 0 aliphatic heterocycles. The summed E-state index contributed by atoms with van der Waals surface area (Å²) < 4.78 is 9.02. The summed E-state index contributed by atoms with van der Waals surface area (Å²) in [5.74, 6) is 0. The number of rotatable bonds is 3. The molecule has 0 unspecified atom stereocenters. The monoisotopic (exact) mass is 230 g/mol. The van der Waals surface area contributed by atoms with Crippen LogP contribution in [0.3, 0.4) is 0 Å². The van der Waals surface area contributed by atoms with E-state index in [2.05, 4.69) is 9.47 Å². The van der Waals surface area contributed by atoms with Crippen LogP contribution in [-0.4, -0.2) is 24.3 Å². The highest BCUT2D eigenvalue weighted by Crippen LogP contribution is 1.98. The molecule has 0 rings (SSSR count). The molecule has 0 aliphatic carbocycles. The van der Waals surface area contributed by atoms with Crippen molar-refractivity contribution in [2.75, 3.05) is 14.2 Å². The van der Waals surface area contributed by atoms with Crippen molar-refractivity contribution in [1.82, 2.24) is 0 Å². The maximum absolute atomic E-state index is 10.3. The topological polar surface area (TPSA) is 35.5 Å². The number of hydrogen-bond acceptors (Lipinski definition) is 3. The van der Waals surface area contributed by atoms with Crippen molar-refractivity contribution in [1.29, 1.82) is 0 Å². The van der Waals surface area contributed by atoms with Gasteiger partial charge in [0.25, 0.3) is 0 Å². The Morgan fingerprint density at radius 3 is 1.88 bits per heavy atom. The van der Waals surface area contributed by atoms with Crippen LogP contribution in [0.25, 0.3) is 0 Å². The highest BCUT2D eigenvalue weighted by atomic mass is 127. The second-order valence-corrected chi connectivity index (χ2v) is 2.17. The summed E-state index contributed by atoms with van der Waals surface area (Å²) in [5, 5.41) is 0. The first-order valence-corrected chi connectivity index (χ1v) is 3.05. The van der Waals surface area contributed by atoms with E-state index < -0.39 is 6.29 Å². The molecule has 0 saturated carbocycles. The first kappa shape index (κ1) is 8.32. The van der Waals surface area contributed by atoms with Gasteiger partial charge in [0.15, 0.2) is 0 Å². The van der Waals surface area contributed by atoms with Gasteiger partial charge >= 0.3 is 0 Å². The molecular weight excluding hydrogens is 223 g/mol. The Hall–Kier alpha value is 0.320. The van der Waals surface area contributed by atoms with E-state index >= 15 is 0 Å². The van der Waals surface area contributed by atoms with Gasteiger partial charge in [0.2, 0.25) is 10.1 Å². The van der Waals surface area contributed by atoms with Crippen LogP contribution in [0.2, 0.25) is 0 Å². The lowest BCUT2D eigenvalue weighted by atomic mass is 10.7. The zero-order chi connectivity index (χ0) is 6.57. The van der Waals surface area contributed by atoms with Gasteiger partial charge in [-0.15, -0.1) is 0 Å². The van der Waals surface area contributed by atoms with Crippen LogP contribution in [0, 0.1) is 0 Å². The third-order valence-electron chi connectivity index (χ3n) is 0.613. The van der Waals surface area contributed by atoms with Crippen LogP contribution in [0.1, 0.15) is 0 Å². The Morgan fingerprint density at radius 1 is 1.50 bits per heavy atom. The van der Waals surface area contributed by atoms with Crippen LogP contribution in [-0.2, 0) is 14.3 Å². The van der Waals surface area contributed by atoms with Crippen molar-refractivity contribution in [2.45, 2.75) is 6.29 Å². The summed E-state index contributed by atoms with van der Waals surface area (Å²) >= 11 is 1.62. The Balaban J connectivity index is 3.52. The molecule has 3 nitrogen and oxygen atoms in total. The van der Waals surface area contributed by atoms with Gasteiger partial charge in [0.1, 0.15) is 0 Å². The number of ether oxygens (including phenoxy) is 2. The molecule has 0 amide bonds. The standard InChI is InChI=1S/C4H7IO3/c1-7-4(8-2)3(5)6/h4H,1-2H3. The third kappa shape index (κ3) is 2.58. The van der Waals surface area contributed by atoms with Crippen LogP contribution >= 0.6 is 22.6 Å². The molecule has 0 bridgehead atoms. The summed E-state index contributed by atoms with van der Waals surface area (Å²) in [6, 6.07) is 0. The van der Waals surface area contributed by atoms with Crippen LogP contribution in [0.15, 0.2) is 0 Å². The normalized spacial score (nSPS) is 10.0. The Morgan fingerprint density at radius 2 is 1.88 bits per heavy atom. The molecule has 0 aromatic rings. The molecule has 0 aromatic heterocycles. The number of halogens is 1. The molecule has 8 heavy (non-hydrogen) atoms. The molecule has 0 spiro atoms. The smallest absolute Gasteiger partial charge is 0.248 e. The fourth-order valence-corrected chi connectivity index (χ4v) is 0.790. The second kappa shape index (κ2) is 4.22. The highest BCUT2D eigenvalue weighted by molar-refractivity contribution is 14.1. The predicted molar refractivity (Wildman–Crippen MR) is 36.8 cm³/mol. The van der Waals surface area contributed by atoms with Gasteiger partial charge in [0.05, 0.1) is 0 Å². The molecule has 0 aliphatic rings. The molecular formula is C4H7IO3. The number of carbonyl (C=O) groups is 1. The molecule has 0 saturated heterocycles. The van der Waals surface area contributed by atoms with E-state index in [-0.39, 0.29) is 3.79 Å². The summed E-state index contributed by atoms with van der Waals surface area (Å²) in [6.45, 7) is 0. The van der Waals surface area contributed by atoms with Gasteiger partial charge in [-0.2, -0.15) is 0 Å². The van der Waals surface area contributed by atoms with Gasteiger partial charge < -0.3 is 9.47 Å². The molecule has 0 radical (unpaired) electrons. The molecule has 0 atom stereocenters. The van der Waals surface area contributed by atoms with E-state index in [1.54, 1.807) is 22.6 Å². The lowest BCUT2D eigenvalue weighted by Crippen LogP contribution is -2.19. The summed E-state index contributed by atoms with van der Waals surface area (Å²) in [4.78, 5) is 10.3. The van der Waals surface area contributed by atoms with Crippen LogP contribution in [0.5, 0.6) is 0 Å². The number of carbonyl (C=O) groups excluding carboxylic acids is 1. The van der Waals surface area contributed by atoms with Gasteiger partial charge in [-0.3, -0.25) is 4.79 Å². The lowest BCUT2D eigenvalue weighted by molar-refractivity contribution is -0.145. The van der Waals surface area contributed by atoms with E-state index in [1.807, 2.05) is 0 Å². The van der Waals surface area contributed by atoms with E-state index in [0.29, 0.717) is 0 Å². The minimum absolute atomic E-state index is 0.146. The molecule has 0 N–H and O–H groups in total. The van der Waals surface area contributed by atoms with Gasteiger partial charge in [-0.1, -0.05) is 0 Å². The SMILES string of the molecule is COC(OC)C(=O)I. The predicted octanol–water partition coefficient (Wildman–Crippen LogP) is 0.567. The molecule has 0 aromatic carbocycles. The lowest BCUT2D eigenvalue weighted by Gasteiger charge is -2.05. The third-order valence-corrected chi connectivity index (χ3v) is 1.12. The zero-order valence-electron chi connectivity index (χ0n) is 4.68. The van der Waals surface area contributed by atoms with E-state index in [0.717, 1.165) is 0 Å². The van der Waals surface area contributed by atoms with Gasteiger partial charge in [-0.25, -0.2) is 0 Å². The average Bonchev–Trinajstić information content (AvgIpc) is 1.69. The van der Waals surface area contributed by atoms with Crippen molar-refractivity contribution in [2.24, 2.45) is 0 Å². The van der Waals surface area contributed by atoms with E-state index in [4.69, 9.17) is 0 Å². The quantitative estimate of drug-likeness (QED) is 0.404. The maximum atomic E-state index is 10.3. The summed E-state index contributed by atoms with van der Waals surface area (Å²) in [5.41, 5.74) is 0. The summed E-state index contributed by atoms with van der Waals surface area (Å²) in [6.07, 6.45) is -0.699. The second-order valence-electron chi connectivity index (χ2n) is 1.11. The summed E-state index contributed by atoms with van der Waals surface area (Å²) in [7, 11) is 2.84. The number of hydrogen-bond donors (Lipinski definition) is 0. The fraction of sp³-hybridized carbons (Fsp3) is 0.750. The Kier molecular flexibility index (Phi) is 4.39. The highest BCUT2D eigenvalue weighted by Gasteiger charge is 2.10. The van der Waals surface area contributed by atoms with Crippen LogP contribution in [0.4, 0.5) is 0 Å². The van der Waals surface area contributed by atoms with E-state index in [9.17, 15) is 4.79 Å². The van der Waals surface area contributed by atoms with Crippen molar-refractivity contribution < 1.29 is 14.3 Å². The Bertz CT molecular complexity index is 79.4. The van der Waals surface area contributed by atoms with E-state index in [1.165, 1.54) is 14.2 Å². The zero-order valence-corrected chi connectivity index (χ0v) is 6.84. The first-order valence-electron chi connectivity index (χ1n) is 1.97. The van der Waals surface area contributed by atoms with Crippen molar-refractivity contribution >= 4 is 26.4 Å². The Labute approximate surface area is 61.5 Å². The number of methoxy groups -OCH3 is 2. The molecule has 0 heterocycles. The van der Waals surface area contributed by atoms with Crippen molar-refractivity contribution in [3.63, 3.8) is 0 Å². The molecule has 0 fully saturated rings. The minimum Gasteiger partial charge on any atom is -0.349 e. The first-order chi connectivity index (χ1) is 3.72. The van der Waals surface area contributed by atoms with Gasteiger partial charge in [-0.05, 0) is 0 Å². The molecule has 48 valence electrons. The van der Waals surface area contributed by atoms with Crippen LogP contribution < -0.4 is 0 Å². The van der Waals surface area contributed by atoms with Crippen molar-refractivity contribution in [3.8, 4) is 0 Å². The average molecular weight is 230 g/mol. The fourth-order valence-electron chi connectivity index (χ4n) is 0.282. The molecule has 4 heteroatoms.